The second-order valence-corrected chi connectivity index (χ2v) is 7.49. The zero-order valence-corrected chi connectivity index (χ0v) is 14.1. The normalized spacial score (nSPS) is 38.4. The standard InChI is InChI=1S/C19H22F6/c1-2-3-11-6-13-5-4-10(9-16(22)19(13,25)18(11)24)12-7-14(20)17(23)15(21)8-12/h7-8,10-11,13,16,18H,2-6,9H2,1H3. The van der Waals surface area contributed by atoms with Crippen LogP contribution in [0.4, 0.5) is 26.3 Å². The van der Waals surface area contributed by atoms with Gasteiger partial charge in [-0.2, -0.15) is 0 Å². The molecule has 2 aliphatic rings. The first-order valence-electron chi connectivity index (χ1n) is 8.90. The molecule has 1 aromatic carbocycles. The Kier molecular flexibility index (Phi) is 5.09. The van der Waals surface area contributed by atoms with Gasteiger partial charge in [-0.3, -0.25) is 0 Å². The molecule has 0 aliphatic heterocycles. The molecule has 0 N–H and O–H groups in total. The number of hydrogen-bond acceptors (Lipinski definition) is 0. The summed E-state index contributed by atoms with van der Waals surface area (Å²) in [6.07, 6.45) is -2.17. The molecule has 0 spiro atoms. The van der Waals surface area contributed by atoms with E-state index in [1.807, 2.05) is 6.92 Å². The maximum Gasteiger partial charge on any atom is 0.194 e. The average molecular weight is 364 g/mol. The molecule has 3 rings (SSSR count). The highest BCUT2D eigenvalue weighted by Crippen LogP contribution is 2.55. The van der Waals surface area contributed by atoms with Crippen molar-refractivity contribution in [2.24, 2.45) is 11.8 Å². The molecule has 1 aromatic rings. The van der Waals surface area contributed by atoms with Crippen molar-refractivity contribution in [2.45, 2.75) is 69.4 Å². The highest BCUT2D eigenvalue weighted by molar-refractivity contribution is 5.25. The Morgan fingerprint density at radius 2 is 1.68 bits per heavy atom. The van der Waals surface area contributed by atoms with E-state index in [1.54, 1.807) is 0 Å². The number of benzene rings is 1. The number of hydrogen-bond donors (Lipinski definition) is 0. The van der Waals surface area contributed by atoms with Crippen molar-refractivity contribution >= 4 is 0 Å². The van der Waals surface area contributed by atoms with Crippen LogP contribution in [0.25, 0.3) is 0 Å². The molecule has 2 fully saturated rings. The van der Waals surface area contributed by atoms with Gasteiger partial charge in [0.2, 0.25) is 0 Å². The molecular weight excluding hydrogens is 342 g/mol. The second-order valence-electron chi connectivity index (χ2n) is 7.49. The van der Waals surface area contributed by atoms with E-state index in [0.29, 0.717) is 25.7 Å². The SMILES string of the molecule is CCCC1CC2CCC(c3cc(F)c(F)c(F)c3)CC(F)C2(F)C1F. The summed E-state index contributed by atoms with van der Waals surface area (Å²) in [6, 6.07) is 1.66. The zero-order chi connectivity index (χ0) is 18.4. The van der Waals surface area contributed by atoms with Crippen LogP contribution in [0.15, 0.2) is 12.1 Å². The van der Waals surface area contributed by atoms with Gasteiger partial charge < -0.3 is 0 Å². The monoisotopic (exact) mass is 364 g/mol. The quantitative estimate of drug-likeness (QED) is 0.443. The van der Waals surface area contributed by atoms with Gasteiger partial charge in [0.25, 0.3) is 0 Å². The van der Waals surface area contributed by atoms with Crippen molar-refractivity contribution in [3.8, 4) is 0 Å². The van der Waals surface area contributed by atoms with Crippen molar-refractivity contribution in [3.63, 3.8) is 0 Å². The van der Waals surface area contributed by atoms with Gasteiger partial charge in [0.05, 0.1) is 0 Å². The second kappa shape index (κ2) is 6.84. The first-order valence-corrected chi connectivity index (χ1v) is 8.90. The van der Waals surface area contributed by atoms with Gasteiger partial charge in [-0.25, -0.2) is 26.3 Å². The Hall–Kier alpha value is -1.20. The molecule has 2 aliphatic carbocycles. The Bertz CT molecular complexity index is 609. The van der Waals surface area contributed by atoms with E-state index in [2.05, 4.69) is 0 Å². The molecule has 2 saturated carbocycles. The number of halogens is 6. The van der Waals surface area contributed by atoms with Crippen LogP contribution in [-0.4, -0.2) is 18.0 Å². The predicted octanol–water partition coefficient (Wildman–Crippen LogP) is 6.19. The largest absolute Gasteiger partial charge is 0.244 e. The summed E-state index contributed by atoms with van der Waals surface area (Å²) in [5, 5.41) is 0. The molecule has 0 radical (unpaired) electrons. The van der Waals surface area contributed by atoms with Gasteiger partial charge in [0, 0.05) is 0 Å². The molecule has 0 amide bonds. The van der Waals surface area contributed by atoms with Gasteiger partial charge in [-0.15, -0.1) is 0 Å². The third kappa shape index (κ3) is 3.06. The first kappa shape index (κ1) is 18.6. The molecule has 6 unspecified atom stereocenters. The molecule has 0 heterocycles. The molecule has 0 nitrogen and oxygen atoms in total. The van der Waals surface area contributed by atoms with Crippen LogP contribution in [0, 0.1) is 29.3 Å². The summed E-state index contributed by atoms with van der Waals surface area (Å²) in [4.78, 5) is 0. The van der Waals surface area contributed by atoms with Crippen LogP contribution < -0.4 is 0 Å². The van der Waals surface area contributed by atoms with Crippen LogP contribution in [0.2, 0.25) is 0 Å². The van der Waals surface area contributed by atoms with Crippen LogP contribution >= 0.6 is 0 Å². The molecule has 6 heteroatoms. The van der Waals surface area contributed by atoms with Crippen molar-refractivity contribution in [1.82, 2.24) is 0 Å². The minimum Gasteiger partial charge on any atom is -0.244 e. The lowest BCUT2D eigenvalue weighted by molar-refractivity contribution is -0.0416. The minimum atomic E-state index is -2.54. The van der Waals surface area contributed by atoms with E-state index in [0.717, 1.165) is 12.1 Å². The molecule has 6 atom stereocenters. The molecular formula is C19H22F6. The maximum atomic E-state index is 15.3. The highest BCUT2D eigenvalue weighted by Gasteiger charge is 2.62. The molecule has 25 heavy (non-hydrogen) atoms. The van der Waals surface area contributed by atoms with Crippen LogP contribution in [0.1, 0.15) is 56.9 Å². The summed E-state index contributed by atoms with van der Waals surface area (Å²) in [7, 11) is 0. The number of alkyl halides is 3. The summed E-state index contributed by atoms with van der Waals surface area (Å²) in [6.45, 7) is 1.88. The van der Waals surface area contributed by atoms with Crippen molar-refractivity contribution in [3.05, 3.63) is 35.1 Å². The van der Waals surface area contributed by atoms with Gasteiger partial charge >= 0.3 is 0 Å². The Labute approximate surface area is 143 Å². The Morgan fingerprint density at radius 1 is 1.04 bits per heavy atom. The third-order valence-corrected chi connectivity index (χ3v) is 6.02. The third-order valence-electron chi connectivity index (χ3n) is 6.02. The van der Waals surface area contributed by atoms with Crippen LogP contribution in [-0.2, 0) is 0 Å². The fourth-order valence-corrected chi connectivity index (χ4v) is 4.72. The predicted molar refractivity (Wildman–Crippen MR) is 83.0 cm³/mol. The molecule has 0 saturated heterocycles. The fraction of sp³-hybridized carbons (Fsp3) is 0.684. The highest BCUT2D eigenvalue weighted by atomic mass is 19.2. The summed E-state index contributed by atoms with van der Waals surface area (Å²) >= 11 is 0. The lowest BCUT2D eigenvalue weighted by Crippen LogP contribution is -2.46. The van der Waals surface area contributed by atoms with E-state index < -0.39 is 53.2 Å². The van der Waals surface area contributed by atoms with Crippen LogP contribution in [0.5, 0.6) is 0 Å². The zero-order valence-electron chi connectivity index (χ0n) is 14.1. The van der Waals surface area contributed by atoms with Gasteiger partial charge in [0.15, 0.2) is 23.1 Å². The van der Waals surface area contributed by atoms with Gasteiger partial charge in [-0.1, -0.05) is 13.3 Å². The first-order chi connectivity index (χ1) is 11.8. The number of fused-ring (bicyclic) bond motifs is 1. The van der Waals surface area contributed by atoms with Crippen LogP contribution in [0.3, 0.4) is 0 Å². The smallest absolute Gasteiger partial charge is 0.194 e. The topological polar surface area (TPSA) is 0 Å². The average Bonchev–Trinajstić information content (AvgIpc) is 2.73. The van der Waals surface area contributed by atoms with Crippen molar-refractivity contribution in [2.75, 3.05) is 0 Å². The lowest BCUT2D eigenvalue weighted by atomic mass is 9.85. The Balaban J connectivity index is 1.85. The summed E-state index contributed by atoms with van der Waals surface area (Å²) in [5.41, 5.74) is -2.44. The maximum absolute atomic E-state index is 15.3. The van der Waals surface area contributed by atoms with Crippen molar-refractivity contribution in [1.29, 1.82) is 0 Å². The van der Waals surface area contributed by atoms with E-state index in [9.17, 15) is 22.0 Å². The Morgan fingerprint density at radius 3 is 2.28 bits per heavy atom. The lowest BCUT2D eigenvalue weighted by Gasteiger charge is -2.31. The summed E-state index contributed by atoms with van der Waals surface area (Å²) < 4.78 is 84.8. The van der Waals surface area contributed by atoms with E-state index in [4.69, 9.17) is 0 Å². The van der Waals surface area contributed by atoms with E-state index in [-0.39, 0.29) is 18.4 Å². The van der Waals surface area contributed by atoms with E-state index in [1.165, 1.54) is 0 Å². The minimum absolute atomic E-state index is 0.100. The van der Waals surface area contributed by atoms with E-state index >= 15 is 4.39 Å². The van der Waals surface area contributed by atoms with Crippen molar-refractivity contribution < 1.29 is 26.3 Å². The van der Waals surface area contributed by atoms with Gasteiger partial charge in [0.1, 0.15) is 12.3 Å². The summed E-state index contributed by atoms with van der Waals surface area (Å²) in [5.74, 6) is -6.15. The van der Waals surface area contributed by atoms with Gasteiger partial charge in [-0.05, 0) is 67.6 Å². The molecule has 0 bridgehead atoms. The fourth-order valence-electron chi connectivity index (χ4n) is 4.72. The number of rotatable bonds is 3. The molecule has 140 valence electrons. The molecule has 0 aromatic heterocycles.